The second-order valence-corrected chi connectivity index (χ2v) is 10.8. The first kappa shape index (κ1) is 27.2. The van der Waals surface area contributed by atoms with Crippen LogP contribution in [0.5, 0.6) is 0 Å². The SMILES string of the molecule is CCOC(=O)[C@@]12C[C@H]1/C=C\CCCCN(C)C(=O)[C@@H]1C[C@H](OC)C[C@H]1C(=O)N2C(=O)OC(C)(C)C. The number of carbonyl (C=O) groups excluding carboxylic acids is 4. The topological polar surface area (TPSA) is 102 Å². The molecule has 0 aromatic carbocycles. The summed E-state index contributed by atoms with van der Waals surface area (Å²) in [5, 5.41) is 0. The summed E-state index contributed by atoms with van der Waals surface area (Å²) < 4.78 is 16.5. The fourth-order valence-electron chi connectivity index (χ4n) is 5.26. The summed E-state index contributed by atoms with van der Waals surface area (Å²) in [6.07, 6.45) is 6.14. The van der Waals surface area contributed by atoms with Crippen molar-refractivity contribution < 1.29 is 33.4 Å². The molecule has 2 fully saturated rings. The van der Waals surface area contributed by atoms with Gasteiger partial charge in [-0.05, 0) is 66.2 Å². The summed E-state index contributed by atoms with van der Waals surface area (Å²) in [6.45, 7) is 7.52. The molecule has 3 amide bonds. The summed E-state index contributed by atoms with van der Waals surface area (Å²) in [6, 6.07) is 0. The summed E-state index contributed by atoms with van der Waals surface area (Å²) in [7, 11) is 3.30. The van der Waals surface area contributed by atoms with Crippen LogP contribution in [0.2, 0.25) is 0 Å². The van der Waals surface area contributed by atoms with Crippen LogP contribution < -0.4 is 0 Å². The maximum atomic E-state index is 14.2. The molecule has 0 radical (unpaired) electrons. The molecule has 0 saturated heterocycles. The van der Waals surface area contributed by atoms with Crippen molar-refractivity contribution >= 4 is 23.9 Å². The Labute approximate surface area is 208 Å². The highest BCUT2D eigenvalue weighted by Gasteiger charge is 2.69. The standard InChI is InChI=1S/C26H40N2O7/c1-7-34-23(31)26-16-17(26)12-10-8-9-11-13-27(5)21(29)19-14-18(33-6)15-20(19)22(30)28(26)24(32)35-25(2,3)4/h10,12,17-20H,7-9,11,13-16H2,1-6H3/b12-10-/t17-,18+,19-,20-,26-/m1/s1. The van der Waals surface area contributed by atoms with Crippen molar-refractivity contribution in [1.82, 2.24) is 9.80 Å². The summed E-state index contributed by atoms with van der Waals surface area (Å²) >= 11 is 0. The largest absolute Gasteiger partial charge is 0.464 e. The monoisotopic (exact) mass is 492 g/mol. The molecule has 0 aromatic heterocycles. The number of methoxy groups -OCH3 is 1. The highest BCUT2D eigenvalue weighted by atomic mass is 16.6. The van der Waals surface area contributed by atoms with Crippen molar-refractivity contribution in [3.8, 4) is 0 Å². The van der Waals surface area contributed by atoms with Crippen LogP contribution in [0.15, 0.2) is 12.2 Å². The molecule has 9 nitrogen and oxygen atoms in total. The van der Waals surface area contributed by atoms with E-state index < -0.39 is 40.9 Å². The summed E-state index contributed by atoms with van der Waals surface area (Å²) in [4.78, 5) is 57.0. The van der Waals surface area contributed by atoms with Crippen LogP contribution in [0.3, 0.4) is 0 Å². The minimum Gasteiger partial charge on any atom is -0.464 e. The van der Waals surface area contributed by atoms with Crippen LogP contribution >= 0.6 is 0 Å². The zero-order chi connectivity index (χ0) is 26.0. The molecule has 2 aliphatic carbocycles. The van der Waals surface area contributed by atoms with E-state index >= 15 is 0 Å². The van der Waals surface area contributed by atoms with E-state index in [4.69, 9.17) is 14.2 Å². The van der Waals surface area contributed by atoms with Crippen molar-refractivity contribution in [3.05, 3.63) is 12.2 Å². The van der Waals surface area contributed by atoms with E-state index in [1.165, 1.54) is 0 Å². The molecule has 5 atom stereocenters. The molecule has 3 rings (SSSR count). The smallest absolute Gasteiger partial charge is 0.418 e. The second kappa shape index (κ2) is 10.7. The van der Waals surface area contributed by atoms with E-state index in [1.54, 1.807) is 46.8 Å². The lowest BCUT2D eigenvalue weighted by molar-refractivity contribution is -0.159. The van der Waals surface area contributed by atoms with E-state index in [9.17, 15) is 19.2 Å². The van der Waals surface area contributed by atoms with Crippen molar-refractivity contribution in [3.63, 3.8) is 0 Å². The Bertz CT molecular complexity index is 864. The van der Waals surface area contributed by atoms with Gasteiger partial charge in [0.2, 0.25) is 11.8 Å². The van der Waals surface area contributed by atoms with Gasteiger partial charge in [0, 0.05) is 26.6 Å². The Morgan fingerprint density at radius 3 is 2.37 bits per heavy atom. The molecule has 1 heterocycles. The van der Waals surface area contributed by atoms with Gasteiger partial charge in [-0.15, -0.1) is 0 Å². The van der Waals surface area contributed by atoms with Gasteiger partial charge in [-0.1, -0.05) is 12.2 Å². The third kappa shape index (κ3) is 5.71. The van der Waals surface area contributed by atoms with Gasteiger partial charge < -0.3 is 19.1 Å². The normalized spacial score (nSPS) is 32.9. The molecule has 3 aliphatic rings. The van der Waals surface area contributed by atoms with Crippen molar-refractivity contribution in [1.29, 1.82) is 0 Å². The molecule has 0 unspecified atom stereocenters. The lowest BCUT2D eigenvalue weighted by atomic mass is 9.92. The zero-order valence-corrected chi connectivity index (χ0v) is 21.9. The summed E-state index contributed by atoms with van der Waals surface area (Å²) in [5.41, 5.74) is -2.35. The molecule has 196 valence electrons. The van der Waals surface area contributed by atoms with E-state index in [0.29, 0.717) is 13.0 Å². The molecule has 35 heavy (non-hydrogen) atoms. The van der Waals surface area contributed by atoms with Gasteiger partial charge in [0.25, 0.3) is 0 Å². The van der Waals surface area contributed by atoms with Gasteiger partial charge in [-0.2, -0.15) is 0 Å². The van der Waals surface area contributed by atoms with Crippen molar-refractivity contribution in [2.75, 3.05) is 27.3 Å². The minimum atomic E-state index is -1.47. The number of esters is 1. The fraction of sp³-hybridized carbons (Fsp3) is 0.769. The molecule has 0 bridgehead atoms. The predicted octanol–water partition coefficient (Wildman–Crippen LogP) is 3.31. The maximum Gasteiger partial charge on any atom is 0.418 e. The molecular weight excluding hydrogens is 452 g/mol. The second-order valence-electron chi connectivity index (χ2n) is 10.8. The first-order chi connectivity index (χ1) is 16.5. The number of hydrogen-bond donors (Lipinski definition) is 0. The van der Waals surface area contributed by atoms with E-state index in [0.717, 1.165) is 24.2 Å². The lowest BCUT2D eigenvalue weighted by Crippen LogP contribution is -2.56. The highest BCUT2D eigenvalue weighted by Crippen LogP contribution is 2.53. The lowest BCUT2D eigenvalue weighted by Gasteiger charge is -2.34. The van der Waals surface area contributed by atoms with Crippen LogP contribution in [-0.2, 0) is 28.6 Å². The van der Waals surface area contributed by atoms with E-state index in [1.807, 2.05) is 12.2 Å². The molecule has 9 heteroatoms. The van der Waals surface area contributed by atoms with Gasteiger partial charge in [0.05, 0.1) is 24.5 Å². The molecule has 0 aromatic rings. The number of imide groups is 1. The van der Waals surface area contributed by atoms with Crippen LogP contribution in [0.25, 0.3) is 0 Å². The Balaban J connectivity index is 2.10. The first-order valence-electron chi connectivity index (χ1n) is 12.6. The quantitative estimate of drug-likeness (QED) is 0.440. The van der Waals surface area contributed by atoms with Crippen LogP contribution in [-0.4, -0.2) is 78.2 Å². The maximum absolute atomic E-state index is 14.2. The predicted molar refractivity (Wildman–Crippen MR) is 128 cm³/mol. The Kier molecular flexibility index (Phi) is 8.29. The Morgan fingerprint density at radius 2 is 1.77 bits per heavy atom. The highest BCUT2D eigenvalue weighted by molar-refractivity contribution is 6.03. The number of allylic oxidation sites excluding steroid dienone is 1. The van der Waals surface area contributed by atoms with Gasteiger partial charge in [-0.3, -0.25) is 9.59 Å². The molecular formula is C26H40N2O7. The molecule has 2 saturated carbocycles. The number of amides is 3. The fourth-order valence-corrected chi connectivity index (χ4v) is 5.26. The van der Waals surface area contributed by atoms with E-state index in [2.05, 4.69) is 0 Å². The number of hydrogen-bond acceptors (Lipinski definition) is 7. The number of nitrogens with zero attached hydrogens (tertiary/aromatic N) is 2. The zero-order valence-electron chi connectivity index (χ0n) is 21.9. The molecule has 0 N–H and O–H groups in total. The van der Waals surface area contributed by atoms with E-state index in [-0.39, 0.29) is 37.4 Å². The van der Waals surface area contributed by atoms with Gasteiger partial charge >= 0.3 is 12.1 Å². The Morgan fingerprint density at radius 1 is 1.11 bits per heavy atom. The number of fused-ring (bicyclic) bond motifs is 2. The molecule has 1 aliphatic heterocycles. The number of rotatable bonds is 3. The average Bonchev–Trinajstić information content (AvgIpc) is 3.32. The van der Waals surface area contributed by atoms with Gasteiger partial charge in [0.1, 0.15) is 5.60 Å². The minimum absolute atomic E-state index is 0.119. The third-order valence-electron chi connectivity index (χ3n) is 7.15. The van der Waals surface area contributed by atoms with Crippen LogP contribution in [0.4, 0.5) is 4.79 Å². The number of ether oxygens (including phenoxy) is 3. The average molecular weight is 493 g/mol. The van der Waals surface area contributed by atoms with Crippen LogP contribution in [0.1, 0.15) is 66.2 Å². The Hall–Kier alpha value is -2.42. The van der Waals surface area contributed by atoms with Crippen molar-refractivity contribution in [2.45, 2.75) is 83.5 Å². The third-order valence-corrected chi connectivity index (χ3v) is 7.15. The molecule has 0 spiro atoms. The van der Waals surface area contributed by atoms with Gasteiger partial charge in [-0.25, -0.2) is 14.5 Å². The van der Waals surface area contributed by atoms with Gasteiger partial charge in [0.15, 0.2) is 5.54 Å². The summed E-state index contributed by atoms with van der Waals surface area (Å²) in [5.74, 6) is -3.15. The first-order valence-corrected chi connectivity index (χ1v) is 12.6. The van der Waals surface area contributed by atoms with Crippen LogP contribution in [0, 0.1) is 17.8 Å². The van der Waals surface area contributed by atoms with Crippen molar-refractivity contribution in [2.24, 2.45) is 17.8 Å². The number of carbonyl (C=O) groups is 4.